The topological polar surface area (TPSA) is 33.1 Å². The molecule has 1 aliphatic carbocycles. The number of ether oxygens (including phenoxy) is 1. The van der Waals surface area contributed by atoms with E-state index in [2.05, 4.69) is 12.1 Å². The molecule has 1 N–H and O–H groups in total. The highest BCUT2D eigenvalue weighted by Crippen LogP contribution is 2.34. The van der Waals surface area contributed by atoms with Crippen molar-refractivity contribution >= 4 is 11.3 Å². The second-order valence-electron chi connectivity index (χ2n) is 3.88. The minimum atomic E-state index is 0.612. The number of nitrogens with one attached hydrogen (secondary N) is 1. The first-order valence-corrected chi connectivity index (χ1v) is 5.13. The lowest BCUT2D eigenvalue weighted by Gasteiger charge is -2.04. The Kier molecular flexibility index (Phi) is 2.58. The first-order chi connectivity index (χ1) is 7.20. The molecule has 0 amide bonds. The van der Waals surface area contributed by atoms with E-state index in [1.54, 1.807) is 7.11 Å². The molecule has 0 aliphatic heterocycles. The molecule has 0 atom stereocenters. The van der Waals surface area contributed by atoms with Crippen molar-refractivity contribution in [3.63, 3.8) is 0 Å². The van der Waals surface area contributed by atoms with Gasteiger partial charge in [-0.2, -0.15) is 0 Å². The van der Waals surface area contributed by atoms with E-state index < -0.39 is 0 Å². The Bertz CT molecular complexity index is 432. The summed E-state index contributed by atoms with van der Waals surface area (Å²) in [6, 6.07) is 6.18. The zero-order valence-corrected chi connectivity index (χ0v) is 9.13. The molecule has 1 aliphatic rings. The van der Waals surface area contributed by atoms with E-state index in [4.69, 9.17) is 10.1 Å². The molecule has 0 saturated carbocycles. The largest absolute Gasteiger partial charge is 0.497 e. The van der Waals surface area contributed by atoms with Gasteiger partial charge >= 0.3 is 0 Å². The fraction of sp³-hybridized carbons (Fsp3) is 0.308. The lowest BCUT2D eigenvalue weighted by atomic mass is 10.1. The van der Waals surface area contributed by atoms with Crippen molar-refractivity contribution in [2.45, 2.75) is 19.8 Å². The van der Waals surface area contributed by atoms with Gasteiger partial charge in [-0.15, -0.1) is 0 Å². The van der Waals surface area contributed by atoms with Crippen molar-refractivity contribution in [3.8, 4) is 5.75 Å². The van der Waals surface area contributed by atoms with E-state index in [0.717, 1.165) is 18.6 Å². The van der Waals surface area contributed by atoms with E-state index >= 15 is 0 Å². The molecule has 15 heavy (non-hydrogen) atoms. The van der Waals surface area contributed by atoms with Gasteiger partial charge in [0.25, 0.3) is 0 Å². The Morgan fingerprint density at radius 2 is 2.20 bits per heavy atom. The average molecular weight is 201 g/mol. The number of benzene rings is 1. The summed E-state index contributed by atoms with van der Waals surface area (Å²) >= 11 is 0. The van der Waals surface area contributed by atoms with Crippen molar-refractivity contribution in [1.82, 2.24) is 0 Å². The Balaban J connectivity index is 2.44. The third-order valence-electron chi connectivity index (χ3n) is 2.72. The third kappa shape index (κ3) is 1.94. The van der Waals surface area contributed by atoms with Gasteiger partial charge in [-0.25, -0.2) is 0 Å². The molecule has 2 nitrogen and oxygen atoms in total. The first kappa shape index (κ1) is 9.97. The molecule has 1 aromatic carbocycles. The van der Waals surface area contributed by atoms with Crippen LogP contribution in [0.15, 0.2) is 24.3 Å². The van der Waals surface area contributed by atoms with E-state index in [-0.39, 0.29) is 0 Å². The molecule has 0 unspecified atom stereocenters. The zero-order valence-electron chi connectivity index (χ0n) is 9.13. The Morgan fingerprint density at radius 3 is 2.87 bits per heavy atom. The van der Waals surface area contributed by atoms with E-state index in [1.807, 2.05) is 19.1 Å². The number of hydrogen-bond donors (Lipinski definition) is 1. The maximum absolute atomic E-state index is 7.49. The normalized spacial score (nSPS) is 16.5. The van der Waals surface area contributed by atoms with Gasteiger partial charge in [-0.3, -0.25) is 0 Å². The highest BCUT2D eigenvalue weighted by Gasteiger charge is 2.16. The summed E-state index contributed by atoms with van der Waals surface area (Å²) in [5, 5.41) is 7.49. The van der Waals surface area contributed by atoms with Crippen molar-refractivity contribution in [2.24, 2.45) is 0 Å². The Labute approximate surface area is 90.1 Å². The van der Waals surface area contributed by atoms with Gasteiger partial charge in [0.1, 0.15) is 5.75 Å². The van der Waals surface area contributed by atoms with Crippen LogP contribution >= 0.6 is 0 Å². The number of aryl methyl sites for hydroxylation is 1. The highest BCUT2D eigenvalue weighted by molar-refractivity contribution is 5.98. The number of methoxy groups -OCH3 is 1. The van der Waals surface area contributed by atoms with Crippen molar-refractivity contribution in [3.05, 3.63) is 35.4 Å². The van der Waals surface area contributed by atoms with Gasteiger partial charge in [-0.1, -0.05) is 6.07 Å². The van der Waals surface area contributed by atoms with Crippen LogP contribution in [0.1, 0.15) is 24.5 Å². The van der Waals surface area contributed by atoms with Crippen molar-refractivity contribution in [2.75, 3.05) is 7.11 Å². The second-order valence-corrected chi connectivity index (χ2v) is 3.88. The van der Waals surface area contributed by atoms with Crippen LogP contribution < -0.4 is 4.74 Å². The average Bonchev–Trinajstić information content (AvgIpc) is 2.60. The minimum absolute atomic E-state index is 0.612. The first-order valence-electron chi connectivity index (χ1n) is 5.13. The van der Waals surface area contributed by atoms with Crippen LogP contribution in [0.5, 0.6) is 5.75 Å². The van der Waals surface area contributed by atoms with Crippen LogP contribution in [0, 0.1) is 5.41 Å². The molecule has 0 spiro atoms. The van der Waals surface area contributed by atoms with E-state index in [1.165, 1.54) is 16.7 Å². The van der Waals surface area contributed by atoms with Crippen LogP contribution in [0.2, 0.25) is 0 Å². The molecule has 0 fully saturated rings. The van der Waals surface area contributed by atoms with E-state index in [9.17, 15) is 0 Å². The maximum Gasteiger partial charge on any atom is 0.119 e. The third-order valence-corrected chi connectivity index (χ3v) is 2.72. The monoisotopic (exact) mass is 201 g/mol. The van der Waals surface area contributed by atoms with Gasteiger partial charge < -0.3 is 10.1 Å². The van der Waals surface area contributed by atoms with E-state index in [0.29, 0.717) is 5.71 Å². The zero-order chi connectivity index (χ0) is 10.8. The summed E-state index contributed by atoms with van der Waals surface area (Å²) in [5.74, 6) is 0.893. The molecule has 78 valence electrons. The van der Waals surface area contributed by atoms with Gasteiger partial charge in [0.2, 0.25) is 0 Å². The summed E-state index contributed by atoms with van der Waals surface area (Å²) in [7, 11) is 1.68. The molecule has 0 bridgehead atoms. The van der Waals surface area contributed by atoms with Gasteiger partial charge in [0.15, 0.2) is 0 Å². The smallest absolute Gasteiger partial charge is 0.119 e. The summed E-state index contributed by atoms with van der Waals surface area (Å²) in [6.07, 6.45) is 4.07. The maximum atomic E-state index is 7.49. The predicted octanol–water partition coefficient (Wildman–Crippen LogP) is 3.06. The molecule has 0 saturated heterocycles. The molecule has 0 aromatic heterocycles. The number of allylic oxidation sites excluding steroid dienone is 2. The number of fused-ring (bicyclic) bond motifs is 1. The second kappa shape index (κ2) is 3.89. The Morgan fingerprint density at radius 1 is 1.40 bits per heavy atom. The molecular weight excluding hydrogens is 186 g/mol. The SMILES string of the molecule is COc1ccc2c(c1)/C(=C/C(C)=N)CC2. The van der Waals surface area contributed by atoms with Gasteiger partial charge in [0, 0.05) is 5.71 Å². The summed E-state index contributed by atoms with van der Waals surface area (Å²) < 4.78 is 5.21. The lowest BCUT2D eigenvalue weighted by molar-refractivity contribution is 0.414. The lowest BCUT2D eigenvalue weighted by Crippen LogP contribution is -1.88. The number of rotatable bonds is 2. The quantitative estimate of drug-likeness (QED) is 0.733. The minimum Gasteiger partial charge on any atom is -0.497 e. The Hall–Kier alpha value is -1.57. The van der Waals surface area contributed by atoms with Gasteiger partial charge in [0.05, 0.1) is 7.11 Å². The predicted molar refractivity (Wildman–Crippen MR) is 62.7 cm³/mol. The molecule has 0 heterocycles. The number of hydrogen-bond acceptors (Lipinski definition) is 2. The van der Waals surface area contributed by atoms with Crippen molar-refractivity contribution in [1.29, 1.82) is 5.41 Å². The summed E-state index contributed by atoms with van der Waals surface area (Å²) in [6.45, 7) is 1.81. The fourth-order valence-corrected chi connectivity index (χ4v) is 2.01. The molecular formula is C13H15NO. The molecule has 2 rings (SSSR count). The van der Waals surface area contributed by atoms with Crippen LogP contribution in [0.3, 0.4) is 0 Å². The fourth-order valence-electron chi connectivity index (χ4n) is 2.01. The van der Waals surface area contributed by atoms with Gasteiger partial charge in [-0.05, 0) is 54.7 Å². The van der Waals surface area contributed by atoms with Crippen LogP contribution in [0.25, 0.3) is 5.57 Å². The summed E-state index contributed by atoms with van der Waals surface area (Å²) in [4.78, 5) is 0. The highest BCUT2D eigenvalue weighted by atomic mass is 16.5. The van der Waals surface area contributed by atoms with Crippen molar-refractivity contribution < 1.29 is 4.74 Å². The summed E-state index contributed by atoms with van der Waals surface area (Å²) in [5.41, 5.74) is 4.49. The van der Waals surface area contributed by atoms with Crippen LogP contribution in [0.4, 0.5) is 0 Å². The molecule has 0 radical (unpaired) electrons. The molecule has 1 aromatic rings. The van der Waals surface area contributed by atoms with Crippen LogP contribution in [-0.2, 0) is 6.42 Å². The standard InChI is InChI=1S/C13H15NO/c1-9(14)7-11-4-3-10-5-6-12(15-2)8-13(10)11/h5-8,14H,3-4H2,1-2H3/b11-7+,14-9?. The molecule has 2 heteroatoms. The van der Waals surface area contributed by atoms with Crippen LogP contribution in [-0.4, -0.2) is 12.8 Å².